The minimum absolute atomic E-state index is 0.176. The Morgan fingerprint density at radius 3 is 2.62 bits per heavy atom. The number of carbonyl (C=O) groups excluding carboxylic acids is 1. The van der Waals surface area contributed by atoms with Gasteiger partial charge < -0.3 is 14.4 Å². The Balaban J connectivity index is 1.26. The van der Waals surface area contributed by atoms with Crippen molar-refractivity contribution in [2.75, 3.05) is 38.7 Å². The Morgan fingerprint density at radius 1 is 1.23 bits per heavy atom. The maximum absolute atomic E-state index is 12.8. The molecular weight excluding hydrogens is 346 g/mol. The monoisotopic (exact) mass is 375 g/mol. The normalized spacial score (nSPS) is 25.5. The van der Waals surface area contributed by atoms with Crippen LogP contribution in [-0.4, -0.2) is 60.3 Å². The van der Waals surface area contributed by atoms with Gasteiger partial charge in [-0.1, -0.05) is 17.2 Å². The molecule has 4 rings (SSSR count). The fourth-order valence-corrected chi connectivity index (χ4v) is 5.94. The van der Waals surface area contributed by atoms with Crippen LogP contribution in [0.4, 0.5) is 0 Å². The highest BCUT2D eigenvalue weighted by molar-refractivity contribution is 8.01. The Labute approximate surface area is 160 Å². The van der Waals surface area contributed by atoms with Crippen LogP contribution in [0.2, 0.25) is 0 Å². The fourth-order valence-electron chi connectivity index (χ4n) is 4.39. The Kier molecular flexibility index (Phi) is 5.31. The zero-order valence-electron chi connectivity index (χ0n) is 15.8. The van der Waals surface area contributed by atoms with Crippen LogP contribution in [0.25, 0.3) is 0 Å². The van der Waals surface area contributed by atoms with Crippen molar-refractivity contribution in [2.24, 2.45) is 5.92 Å². The van der Waals surface area contributed by atoms with Crippen LogP contribution >= 0.6 is 11.8 Å². The first-order chi connectivity index (χ1) is 12.5. The van der Waals surface area contributed by atoms with E-state index >= 15 is 0 Å². The van der Waals surface area contributed by atoms with Gasteiger partial charge >= 0.3 is 0 Å². The van der Waals surface area contributed by atoms with E-state index < -0.39 is 0 Å². The summed E-state index contributed by atoms with van der Waals surface area (Å²) in [6, 6.07) is 6.12. The molecule has 142 valence electrons. The van der Waals surface area contributed by atoms with Crippen molar-refractivity contribution >= 4 is 17.7 Å². The van der Waals surface area contributed by atoms with Crippen LogP contribution in [-0.2, 0) is 9.47 Å². The summed E-state index contributed by atoms with van der Waals surface area (Å²) in [4.78, 5) is 14.8. The number of carbonyl (C=O) groups is 1. The number of hydrogen-bond acceptors (Lipinski definition) is 4. The van der Waals surface area contributed by atoms with Crippen LogP contribution < -0.4 is 0 Å². The number of rotatable bonds is 4. The summed E-state index contributed by atoms with van der Waals surface area (Å²) in [5, 5.41) is 0. The van der Waals surface area contributed by atoms with E-state index in [1.807, 2.05) is 28.8 Å². The van der Waals surface area contributed by atoms with Gasteiger partial charge in [0.1, 0.15) is 0 Å². The van der Waals surface area contributed by atoms with Gasteiger partial charge in [-0.25, -0.2) is 0 Å². The molecule has 1 aromatic carbocycles. The average molecular weight is 376 g/mol. The maximum atomic E-state index is 12.8. The first-order valence-corrected chi connectivity index (χ1v) is 10.7. The summed E-state index contributed by atoms with van der Waals surface area (Å²) >= 11 is 2.01. The van der Waals surface area contributed by atoms with Gasteiger partial charge in [-0.05, 0) is 51.2 Å². The predicted octanol–water partition coefficient (Wildman–Crippen LogP) is 3.45. The molecule has 3 aliphatic rings. The number of likely N-dealkylation sites (tertiary alicyclic amines) is 1. The quantitative estimate of drug-likeness (QED) is 0.808. The molecule has 0 aliphatic carbocycles. The zero-order chi connectivity index (χ0) is 18.1. The van der Waals surface area contributed by atoms with Crippen LogP contribution in [0.3, 0.4) is 0 Å². The molecule has 26 heavy (non-hydrogen) atoms. The third-order valence-corrected chi connectivity index (χ3v) is 7.37. The molecule has 1 spiro atoms. The summed E-state index contributed by atoms with van der Waals surface area (Å²) in [5.41, 5.74) is 3.13. The molecule has 1 amide bonds. The number of nitrogens with zero attached hydrogens (tertiary/aromatic N) is 1. The highest BCUT2D eigenvalue weighted by Crippen LogP contribution is 2.46. The summed E-state index contributed by atoms with van der Waals surface area (Å²) < 4.78 is 11.9. The smallest absolute Gasteiger partial charge is 0.253 e. The third kappa shape index (κ3) is 3.95. The molecule has 1 atom stereocenters. The minimum atomic E-state index is 0.176. The summed E-state index contributed by atoms with van der Waals surface area (Å²) in [6.45, 7) is 8.46. The van der Waals surface area contributed by atoms with Gasteiger partial charge in [0.2, 0.25) is 0 Å². The molecule has 0 bridgehead atoms. The van der Waals surface area contributed by atoms with Gasteiger partial charge in [0.25, 0.3) is 5.91 Å². The van der Waals surface area contributed by atoms with Crippen molar-refractivity contribution in [1.29, 1.82) is 0 Å². The maximum Gasteiger partial charge on any atom is 0.253 e. The second kappa shape index (κ2) is 7.53. The van der Waals surface area contributed by atoms with Gasteiger partial charge in [-0.3, -0.25) is 4.79 Å². The lowest BCUT2D eigenvalue weighted by molar-refractivity contribution is -0.0118. The molecule has 0 N–H and O–H groups in total. The molecule has 0 unspecified atom stereocenters. The van der Waals surface area contributed by atoms with Crippen LogP contribution in [0, 0.1) is 19.8 Å². The lowest BCUT2D eigenvalue weighted by Crippen LogP contribution is -2.60. The molecule has 3 saturated heterocycles. The molecule has 3 fully saturated rings. The molecule has 3 heterocycles. The lowest BCUT2D eigenvalue weighted by Gasteiger charge is -2.47. The van der Waals surface area contributed by atoms with Crippen LogP contribution in [0.1, 0.15) is 40.7 Å². The third-order valence-electron chi connectivity index (χ3n) is 5.80. The van der Waals surface area contributed by atoms with E-state index in [0.29, 0.717) is 12.0 Å². The second-order valence-electron chi connectivity index (χ2n) is 8.25. The minimum Gasteiger partial charge on any atom is -0.381 e. The number of amides is 1. The van der Waals surface area contributed by atoms with Gasteiger partial charge in [0.15, 0.2) is 0 Å². The largest absolute Gasteiger partial charge is 0.381 e. The Hall–Kier alpha value is -1.04. The van der Waals surface area contributed by atoms with E-state index in [1.165, 1.54) is 0 Å². The van der Waals surface area contributed by atoms with Crippen LogP contribution in [0.15, 0.2) is 18.2 Å². The zero-order valence-corrected chi connectivity index (χ0v) is 16.6. The summed E-state index contributed by atoms with van der Waals surface area (Å²) in [7, 11) is 0. The molecule has 4 nitrogen and oxygen atoms in total. The molecule has 0 aromatic heterocycles. The molecule has 0 saturated carbocycles. The van der Waals surface area contributed by atoms with Crippen molar-refractivity contribution in [1.82, 2.24) is 4.90 Å². The fraction of sp³-hybridized carbons (Fsp3) is 0.667. The predicted molar refractivity (Wildman–Crippen MR) is 105 cm³/mol. The highest BCUT2D eigenvalue weighted by Gasteiger charge is 2.51. The van der Waals surface area contributed by atoms with Gasteiger partial charge in [0.05, 0.1) is 10.9 Å². The molecule has 3 aliphatic heterocycles. The SMILES string of the molecule is Cc1cc(C)cc(C(=O)N2CC3(C[C@H](OCC4CCOCC4)CS3)C2)c1. The van der Waals surface area contributed by atoms with E-state index in [1.54, 1.807) is 0 Å². The van der Waals surface area contributed by atoms with E-state index in [-0.39, 0.29) is 10.7 Å². The first kappa shape index (κ1) is 18.3. The number of benzene rings is 1. The van der Waals surface area contributed by atoms with Crippen LogP contribution in [0.5, 0.6) is 0 Å². The number of ether oxygens (including phenoxy) is 2. The topological polar surface area (TPSA) is 38.8 Å². The second-order valence-corrected chi connectivity index (χ2v) is 9.73. The Morgan fingerprint density at radius 2 is 1.92 bits per heavy atom. The summed E-state index contributed by atoms with van der Waals surface area (Å²) in [5.74, 6) is 1.90. The van der Waals surface area contributed by atoms with Crippen molar-refractivity contribution in [3.63, 3.8) is 0 Å². The highest BCUT2D eigenvalue weighted by atomic mass is 32.2. The van der Waals surface area contributed by atoms with Gasteiger partial charge in [0, 0.05) is 44.2 Å². The standard InChI is InChI=1S/C21H29NO3S/c1-15-7-16(2)9-18(8-15)20(23)22-13-21(14-22)10-19(12-26-21)25-11-17-3-5-24-6-4-17/h7-9,17,19H,3-6,10-14H2,1-2H3/t19-/m0/s1. The number of aryl methyl sites for hydroxylation is 2. The van der Waals surface area contributed by atoms with E-state index in [4.69, 9.17) is 9.47 Å². The molecule has 0 radical (unpaired) electrons. The van der Waals surface area contributed by atoms with E-state index in [9.17, 15) is 4.79 Å². The average Bonchev–Trinajstić information content (AvgIpc) is 3.03. The van der Waals surface area contributed by atoms with Crippen molar-refractivity contribution in [3.8, 4) is 0 Å². The van der Waals surface area contributed by atoms with Crippen molar-refractivity contribution in [2.45, 2.75) is 44.0 Å². The van der Waals surface area contributed by atoms with E-state index in [0.717, 1.165) is 74.6 Å². The summed E-state index contributed by atoms with van der Waals surface area (Å²) in [6.07, 6.45) is 3.69. The molecular formula is C21H29NO3S. The first-order valence-electron chi connectivity index (χ1n) is 9.74. The van der Waals surface area contributed by atoms with E-state index in [2.05, 4.69) is 19.9 Å². The van der Waals surface area contributed by atoms with Crippen molar-refractivity contribution in [3.05, 3.63) is 34.9 Å². The lowest BCUT2D eigenvalue weighted by atomic mass is 9.91. The molecule has 1 aromatic rings. The number of thioether (sulfide) groups is 1. The Bertz CT molecular complexity index is 645. The van der Waals surface area contributed by atoms with Crippen molar-refractivity contribution < 1.29 is 14.3 Å². The van der Waals surface area contributed by atoms with Gasteiger partial charge in [-0.2, -0.15) is 0 Å². The number of hydrogen-bond donors (Lipinski definition) is 0. The molecule has 5 heteroatoms. The van der Waals surface area contributed by atoms with Gasteiger partial charge in [-0.15, -0.1) is 11.8 Å².